The van der Waals surface area contributed by atoms with E-state index in [0.29, 0.717) is 10.7 Å². The lowest BCUT2D eigenvalue weighted by molar-refractivity contribution is -0.134. The zero-order valence-electron chi connectivity index (χ0n) is 11.4. The van der Waals surface area contributed by atoms with E-state index in [4.69, 9.17) is 11.6 Å². The predicted molar refractivity (Wildman–Crippen MR) is 79.7 cm³/mol. The second kappa shape index (κ2) is 7.29. The summed E-state index contributed by atoms with van der Waals surface area (Å²) in [4.78, 5) is 25.7. The van der Waals surface area contributed by atoms with Crippen LogP contribution in [-0.2, 0) is 9.59 Å². The van der Waals surface area contributed by atoms with Gasteiger partial charge in [0.1, 0.15) is 6.42 Å². The number of carbonyl (C=O) groups is 2. The molecule has 1 N–H and O–H groups in total. The number of likely N-dealkylation sites (tertiary alicyclic amines) is 1. The molecule has 0 radical (unpaired) electrons. The molecule has 0 aliphatic carbocycles. The number of carbonyl (C=O) groups excluding carboxylic acids is 2. The Bertz CT molecular complexity index is 483. The fourth-order valence-corrected chi connectivity index (χ4v) is 2.51. The lowest BCUT2D eigenvalue weighted by Crippen LogP contribution is -2.34. The summed E-state index contributed by atoms with van der Waals surface area (Å²) >= 11 is 5.97. The van der Waals surface area contributed by atoms with Gasteiger partial charge >= 0.3 is 0 Å². The number of amides is 2. The molecule has 1 aromatic carbocycles. The van der Waals surface area contributed by atoms with E-state index >= 15 is 0 Å². The van der Waals surface area contributed by atoms with E-state index in [-0.39, 0.29) is 18.2 Å². The van der Waals surface area contributed by atoms with Crippen molar-refractivity contribution < 1.29 is 9.59 Å². The van der Waals surface area contributed by atoms with Crippen molar-refractivity contribution in [3.63, 3.8) is 0 Å². The van der Waals surface area contributed by atoms with E-state index in [2.05, 4.69) is 5.32 Å². The largest absolute Gasteiger partial charge is 0.342 e. The highest BCUT2D eigenvalue weighted by Gasteiger charge is 2.18. The number of rotatable bonds is 3. The zero-order chi connectivity index (χ0) is 14.4. The monoisotopic (exact) mass is 294 g/mol. The molecule has 1 aliphatic heterocycles. The van der Waals surface area contributed by atoms with Crippen LogP contribution in [0.4, 0.5) is 5.69 Å². The van der Waals surface area contributed by atoms with Gasteiger partial charge in [-0.1, -0.05) is 36.6 Å². The number of hydrogen-bond acceptors (Lipinski definition) is 2. The number of para-hydroxylation sites is 1. The second-order valence-corrected chi connectivity index (χ2v) is 5.41. The number of nitrogens with one attached hydrogen (secondary N) is 1. The molecule has 1 aliphatic rings. The third-order valence-corrected chi connectivity index (χ3v) is 3.75. The molecule has 0 bridgehead atoms. The third kappa shape index (κ3) is 4.23. The number of hydrogen-bond donors (Lipinski definition) is 1. The standard InChI is InChI=1S/C15H19ClN2O2/c16-12-7-3-4-8-13(12)17-14(19)11-15(20)18-9-5-1-2-6-10-18/h3-4,7-8H,1-2,5-6,9-11H2,(H,17,19). The van der Waals surface area contributed by atoms with Gasteiger partial charge in [-0.3, -0.25) is 9.59 Å². The first-order valence-electron chi connectivity index (χ1n) is 6.99. The summed E-state index contributed by atoms with van der Waals surface area (Å²) < 4.78 is 0. The molecular weight excluding hydrogens is 276 g/mol. The van der Waals surface area contributed by atoms with Gasteiger partial charge < -0.3 is 10.2 Å². The molecular formula is C15H19ClN2O2. The molecule has 2 rings (SSSR count). The predicted octanol–water partition coefficient (Wildman–Crippen LogP) is 3.07. The molecule has 0 aromatic heterocycles. The minimum atomic E-state index is -0.313. The summed E-state index contributed by atoms with van der Waals surface area (Å²) in [5.41, 5.74) is 0.544. The molecule has 0 spiro atoms. The van der Waals surface area contributed by atoms with Gasteiger partial charge in [-0.15, -0.1) is 0 Å². The maximum atomic E-state index is 12.1. The summed E-state index contributed by atoms with van der Waals surface area (Å²) in [6.45, 7) is 1.52. The Balaban J connectivity index is 1.87. The molecule has 1 aromatic rings. The Kier molecular flexibility index (Phi) is 5.41. The highest BCUT2D eigenvalue weighted by molar-refractivity contribution is 6.33. The number of benzene rings is 1. The van der Waals surface area contributed by atoms with Crippen molar-refractivity contribution in [2.45, 2.75) is 32.1 Å². The van der Waals surface area contributed by atoms with Crippen molar-refractivity contribution in [2.24, 2.45) is 0 Å². The SMILES string of the molecule is O=C(CC(=O)N1CCCCCC1)Nc1ccccc1Cl. The smallest absolute Gasteiger partial charge is 0.233 e. The van der Waals surface area contributed by atoms with Crippen LogP contribution in [0.25, 0.3) is 0 Å². The fraction of sp³-hybridized carbons (Fsp3) is 0.467. The molecule has 5 heteroatoms. The molecule has 0 saturated carbocycles. The van der Waals surface area contributed by atoms with Crippen molar-refractivity contribution in [1.29, 1.82) is 0 Å². The van der Waals surface area contributed by atoms with Gasteiger partial charge in [0.15, 0.2) is 0 Å². The lowest BCUT2D eigenvalue weighted by atomic mass is 10.2. The number of nitrogens with zero attached hydrogens (tertiary/aromatic N) is 1. The van der Waals surface area contributed by atoms with E-state index in [0.717, 1.165) is 38.8 Å². The lowest BCUT2D eigenvalue weighted by Gasteiger charge is -2.20. The van der Waals surface area contributed by atoms with E-state index in [1.807, 2.05) is 0 Å². The van der Waals surface area contributed by atoms with Gasteiger partial charge in [0, 0.05) is 13.1 Å². The topological polar surface area (TPSA) is 49.4 Å². The molecule has 1 saturated heterocycles. The summed E-state index contributed by atoms with van der Waals surface area (Å²) in [5, 5.41) is 3.15. The Morgan fingerprint density at radius 3 is 2.40 bits per heavy atom. The third-order valence-electron chi connectivity index (χ3n) is 3.42. The Morgan fingerprint density at radius 1 is 1.10 bits per heavy atom. The number of halogens is 1. The highest BCUT2D eigenvalue weighted by atomic mass is 35.5. The second-order valence-electron chi connectivity index (χ2n) is 5.00. The summed E-state index contributed by atoms with van der Waals surface area (Å²) in [6, 6.07) is 7.00. The van der Waals surface area contributed by atoms with Crippen molar-refractivity contribution >= 4 is 29.1 Å². The first kappa shape index (κ1) is 14.9. The fourth-order valence-electron chi connectivity index (χ4n) is 2.33. The van der Waals surface area contributed by atoms with Crippen LogP contribution in [0.3, 0.4) is 0 Å². The van der Waals surface area contributed by atoms with Gasteiger partial charge in [0.2, 0.25) is 11.8 Å². The quantitative estimate of drug-likeness (QED) is 0.871. The molecule has 2 amide bonds. The Morgan fingerprint density at radius 2 is 1.75 bits per heavy atom. The minimum Gasteiger partial charge on any atom is -0.342 e. The van der Waals surface area contributed by atoms with Gasteiger partial charge in [0.05, 0.1) is 10.7 Å². The van der Waals surface area contributed by atoms with E-state index < -0.39 is 0 Å². The maximum absolute atomic E-state index is 12.1. The van der Waals surface area contributed by atoms with Gasteiger partial charge in [0.25, 0.3) is 0 Å². The van der Waals surface area contributed by atoms with Gasteiger partial charge in [-0.25, -0.2) is 0 Å². The van der Waals surface area contributed by atoms with Crippen LogP contribution >= 0.6 is 11.6 Å². The first-order valence-corrected chi connectivity index (χ1v) is 7.37. The average molecular weight is 295 g/mol. The van der Waals surface area contributed by atoms with Crippen LogP contribution < -0.4 is 5.32 Å². The maximum Gasteiger partial charge on any atom is 0.233 e. The van der Waals surface area contributed by atoms with Crippen molar-refractivity contribution in [3.8, 4) is 0 Å². The number of anilines is 1. The van der Waals surface area contributed by atoms with Crippen LogP contribution in [0, 0.1) is 0 Å². The van der Waals surface area contributed by atoms with E-state index in [9.17, 15) is 9.59 Å². The molecule has 0 unspecified atom stereocenters. The van der Waals surface area contributed by atoms with Gasteiger partial charge in [-0.2, -0.15) is 0 Å². The Labute approximate surface area is 124 Å². The molecule has 0 atom stereocenters. The Hall–Kier alpha value is -1.55. The van der Waals surface area contributed by atoms with E-state index in [1.165, 1.54) is 0 Å². The van der Waals surface area contributed by atoms with Crippen LogP contribution in [0.15, 0.2) is 24.3 Å². The van der Waals surface area contributed by atoms with Crippen LogP contribution in [-0.4, -0.2) is 29.8 Å². The summed E-state index contributed by atoms with van der Waals surface area (Å²) in [6.07, 6.45) is 4.26. The van der Waals surface area contributed by atoms with Crippen LogP contribution in [0.5, 0.6) is 0 Å². The summed E-state index contributed by atoms with van der Waals surface area (Å²) in [5.74, 6) is -0.413. The highest BCUT2D eigenvalue weighted by Crippen LogP contribution is 2.20. The summed E-state index contributed by atoms with van der Waals surface area (Å²) in [7, 11) is 0. The normalized spacial score (nSPS) is 15.6. The zero-order valence-corrected chi connectivity index (χ0v) is 12.2. The van der Waals surface area contributed by atoms with Crippen LogP contribution in [0.2, 0.25) is 5.02 Å². The molecule has 1 fully saturated rings. The molecule has 20 heavy (non-hydrogen) atoms. The average Bonchev–Trinajstić information content (AvgIpc) is 2.70. The first-order chi connectivity index (χ1) is 9.66. The van der Waals surface area contributed by atoms with Gasteiger partial charge in [-0.05, 0) is 25.0 Å². The van der Waals surface area contributed by atoms with Crippen molar-refractivity contribution in [1.82, 2.24) is 4.90 Å². The van der Waals surface area contributed by atoms with Crippen molar-refractivity contribution in [3.05, 3.63) is 29.3 Å². The molecule has 4 nitrogen and oxygen atoms in total. The van der Waals surface area contributed by atoms with Crippen molar-refractivity contribution in [2.75, 3.05) is 18.4 Å². The van der Waals surface area contributed by atoms with E-state index in [1.54, 1.807) is 29.2 Å². The minimum absolute atomic E-state index is 0.101. The van der Waals surface area contributed by atoms with Crippen LogP contribution in [0.1, 0.15) is 32.1 Å². The molecule has 1 heterocycles. The molecule has 108 valence electrons.